The first kappa shape index (κ1) is 16.1. The lowest BCUT2D eigenvalue weighted by Gasteiger charge is -2.07. The smallest absolute Gasteiger partial charge is 0.423 e. The van der Waals surface area contributed by atoms with Crippen molar-refractivity contribution in [2.75, 3.05) is 12.3 Å². The van der Waals surface area contributed by atoms with Crippen molar-refractivity contribution in [3.8, 4) is 0 Å². The third-order valence-electron chi connectivity index (χ3n) is 3.71. The lowest BCUT2D eigenvalue weighted by atomic mass is 9.79. The molecule has 0 aromatic heterocycles. The maximum absolute atomic E-state index is 12.1. The van der Waals surface area contributed by atoms with E-state index in [0.717, 1.165) is 17.1 Å². The molecule has 4 nitrogen and oxygen atoms in total. The summed E-state index contributed by atoms with van der Waals surface area (Å²) in [7, 11) is -0.917. The molecular weight excluding hydrogens is 309 g/mol. The summed E-state index contributed by atoms with van der Waals surface area (Å²) in [6.07, 6.45) is 0. The number of benzene rings is 2. The van der Waals surface area contributed by atoms with Crippen LogP contribution in [0, 0.1) is 0 Å². The summed E-state index contributed by atoms with van der Waals surface area (Å²) < 4.78 is 5.13. The fraction of sp³-hybridized carbons (Fsp3) is 0.235. The number of hydrogen-bond donors (Lipinski definition) is 2. The second-order valence-electron chi connectivity index (χ2n) is 5.37. The van der Waals surface area contributed by atoms with Gasteiger partial charge in [0.05, 0.1) is 6.61 Å². The molecule has 23 heavy (non-hydrogen) atoms. The van der Waals surface area contributed by atoms with Crippen LogP contribution in [0.5, 0.6) is 0 Å². The molecule has 118 valence electrons. The van der Waals surface area contributed by atoms with Crippen LogP contribution in [0.4, 0.5) is 0 Å². The summed E-state index contributed by atoms with van der Waals surface area (Å²) in [5.41, 5.74) is 3.47. The maximum Gasteiger partial charge on any atom is 0.491 e. The van der Waals surface area contributed by atoms with Gasteiger partial charge in [-0.3, -0.25) is 4.79 Å². The standard InChI is InChI=1S/C17H18BNO3S/c20-17(14-6-7-15-11-22-18(21)16(15)10-14)19-8-9-23-12-13-4-2-1-3-5-13/h1-7,10,21H,8-9,11-12H2,(H,19,20). The minimum absolute atomic E-state index is 0.118. The molecule has 0 unspecified atom stereocenters. The van der Waals surface area contributed by atoms with Crippen LogP contribution in [0.15, 0.2) is 48.5 Å². The van der Waals surface area contributed by atoms with Crippen molar-refractivity contribution in [1.82, 2.24) is 5.32 Å². The van der Waals surface area contributed by atoms with Gasteiger partial charge in [-0.25, -0.2) is 0 Å². The molecule has 0 fully saturated rings. The lowest BCUT2D eigenvalue weighted by Crippen LogP contribution is -2.31. The molecule has 0 bridgehead atoms. The minimum Gasteiger partial charge on any atom is -0.423 e. The summed E-state index contributed by atoms with van der Waals surface area (Å²) in [6.45, 7) is 1.01. The minimum atomic E-state index is -0.917. The predicted octanol–water partition coefficient (Wildman–Crippen LogP) is 1.57. The van der Waals surface area contributed by atoms with Crippen molar-refractivity contribution in [2.24, 2.45) is 0 Å². The summed E-state index contributed by atoms with van der Waals surface area (Å²) in [6, 6.07) is 15.6. The molecule has 0 radical (unpaired) electrons. The Morgan fingerprint density at radius 3 is 2.91 bits per heavy atom. The Kier molecular flexibility index (Phi) is 5.38. The van der Waals surface area contributed by atoms with E-state index in [1.54, 1.807) is 23.9 Å². The van der Waals surface area contributed by atoms with Gasteiger partial charge in [0.2, 0.25) is 0 Å². The van der Waals surface area contributed by atoms with Gasteiger partial charge in [0, 0.05) is 23.6 Å². The second kappa shape index (κ2) is 7.68. The molecule has 1 amide bonds. The Hall–Kier alpha value is -1.76. The molecule has 0 atom stereocenters. The van der Waals surface area contributed by atoms with E-state index in [1.807, 2.05) is 24.3 Å². The van der Waals surface area contributed by atoms with Crippen LogP contribution in [-0.4, -0.2) is 30.3 Å². The van der Waals surface area contributed by atoms with Crippen LogP contribution < -0.4 is 10.8 Å². The number of fused-ring (bicyclic) bond motifs is 1. The van der Waals surface area contributed by atoms with Gasteiger partial charge in [0.1, 0.15) is 0 Å². The van der Waals surface area contributed by atoms with Crippen molar-refractivity contribution in [3.63, 3.8) is 0 Å². The normalized spacial score (nSPS) is 13.0. The van der Waals surface area contributed by atoms with Crippen molar-refractivity contribution in [2.45, 2.75) is 12.4 Å². The Labute approximate surface area is 140 Å². The van der Waals surface area contributed by atoms with E-state index in [-0.39, 0.29) is 5.91 Å². The van der Waals surface area contributed by atoms with Crippen LogP contribution >= 0.6 is 11.8 Å². The monoisotopic (exact) mass is 327 g/mol. The highest BCUT2D eigenvalue weighted by molar-refractivity contribution is 7.98. The Morgan fingerprint density at radius 2 is 2.09 bits per heavy atom. The van der Waals surface area contributed by atoms with Gasteiger partial charge in [-0.2, -0.15) is 11.8 Å². The molecule has 0 saturated heterocycles. The Balaban J connectivity index is 1.44. The highest BCUT2D eigenvalue weighted by Crippen LogP contribution is 2.12. The lowest BCUT2D eigenvalue weighted by molar-refractivity contribution is 0.0956. The summed E-state index contributed by atoms with van der Waals surface area (Å²) >= 11 is 1.79. The van der Waals surface area contributed by atoms with E-state index in [0.29, 0.717) is 24.2 Å². The summed E-state index contributed by atoms with van der Waals surface area (Å²) in [4.78, 5) is 12.1. The Morgan fingerprint density at radius 1 is 1.26 bits per heavy atom. The zero-order valence-electron chi connectivity index (χ0n) is 12.7. The number of rotatable bonds is 6. The number of nitrogens with one attached hydrogen (secondary N) is 1. The van der Waals surface area contributed by atoms with Gasteiger partial charge >= 0.3 is 7.12 Å². The first-order valence-electron chi connectivity index (χ1n) is 7.56. The fourth-order valence-corrected chi connectivity index (χ4v) is 3.28. The molecule has 3 rings (SSSR count). The molecule has 0 spiro atoms. The van der Waals surface area contributed by atoms with Crippen LogP contribution in [0.25, 0.3) is 0 Å². The van der Waals surface area contributed by atoms with Crippen LogP contribution in [-0.2, 0) is 17.0 Å². The molecule has 2 aromatic carbocycles. The first-order valence-corrected chi connectivity index (χ1v) is 8.72. The molecule has 2 N–H and O–H groups in total. The fourth-order valence-electron chi connectivity index (χ4n) is 2.46. The van der Waals surface area contributed by atoms with Crippen molar-refractivity contribution < 1.29 is 14.5 Å². The van der Waals surface area contributed by atoms with Crippen molar-refractivity contribution in [3.05, 3.63) is 65.2 Å². The van der Waals surface area contributed by atoms with E-state index in [2.05, 4.69) is 17.4 Å². The molecule has 2 aromatic rings. The SMILES string of the molecule is O=C(NCCSCc1ccccc1)c1ccc2c(c1)B(O)OC2. The number of amides is 1. The Bertz CT molecular complexity index is 681. The average molecular weight is 327 g/mol. The second-order valence-corrected chi connectivity index (χ2v) is 6.48. The van der Waals surface area contributed by atoms with Gasteiger partial charge < -0.3 is 15.0 Å². The number of carbonyl (C=O) groups is 1. The van der Waals surface area contributed by atoms with E-state index in [9.17, 15) is 9.82 Å². The third-order valence-corrected chi connectivity index (χ3v) is 4.74. The van der Waals surface area contributed by atoms with E-state index in [4.69, 9.17) is 4.65 Å². The topological polar surface area (TPSA) is 58.6 Å². The van der Waals surface area contributed by atoms with Gasteiger partial charge in [-0.1, -0.05) is 36.4 Å². The van der Waals surface area contributed by atoms with Crippen molar-refractivity contribution >= 4 is 30.3 Å². The third kappa shape index (κ3) is 4.16. The zero-order valence-corrected chi connectivity index (χ0v) is 13.5. The number of carbonyl (C=O) groups excluding carboxylic acids is 1. The van der Waals surface area contributed by atoms with Gasteiger partial charge in [0.15, 0.2) is 0 Å². The molecule has 1 heterocycles. The van der Waals surface area contributed by atoms with Crippen LogP contribution in [0.2, 0.25) is 0 Å². The van der Waals surface area contributed by atoms with E-state index < -0.39 is 7.12 Å². The zero-order chi connectivity index (χ0) is 16.1. The first-order chi connectivity index (χ1) is 11.2. The van der Waals surface area contributed by atoms with Gasteiger partial charge in [0.25, 0.3) is 5.91 Å². The largest absolute Gasteiger partial charge is 0.491 e. The van der Waals surface area contributed by atoms with E-state index >= 15 is 0 Å². The molecule has 1 aliphatic rings. The molecule has 0 aliphatic carbocycles. The molecule has 1 aliphatic heterocycles. The molecule has 6 heteroatoms. The molecular formula is C17H18BNO3S. The number of thioether (sulfide) groups is 1. The van der Waals surface area contributed by atoms with Crippen molar-refractivity contribution in [1.29, 1.82) is 0 Å². The highest BCUT2D eigenvalue weighted by Gasteiger charge is 2.27. The number of hydrogen-bond acceptors (Lipinski definition) is 4. The van der Waals surface area contributed by atoms with Crippen LogP contribution in [0.1, 0.15) is 21.5 Å². The van der Waals surface area contributed by atoms with Crippen LogP contribution in [0.3, 0.4) is 0 Å². The van der Waals surface area contributed by atoms with E-state index in [1.165, 1.54) is 5.56 Å². The average Bonchev–Trinajstić information content (AvgIpc) is 2.96. The summed E-state index contributed by atoms with van der Waals surface area (Å²) in [5.74, 6) is 1.68. The quantitative estimate of drug-likeness (QED) is 0.625. The maximum atomic E-state index is 12.1. The van der Waals surface area contributed by atoms with Gasteiger partial charge in [-0.15, -0.1) is 0 Å². The molecule has 0 saturated carbocycles. The highest BCUT2D eigenvalue weighted by atomic mass is 32.2. The summed E-state index contributed by atoms with van der Waals surface area (Å²) in [5, 5.41) is 12.6. The van der Waals surface area contributed by atoms with Gasteiger partial charge in [-0.05, 0) is 28.7 Å². The predicted molar refractivity (Wildman–Crippen MR) is 93.8 cm³/mol.